The predicted molar refractivity (Wildman–Crippen MR) is 95.4 cm³/mol. The van der Waals surface area contributed by atoms with E-state index in [4.69, 9.17) is 9.15 Å². The Balaban J connectivity index is 1.72. The molecule has 2 rings (SSSR count). The monoisotopic (exact) mass is 409 g/mol. The van der Waals surface area contributed by atoms with E-state index in [-0.39, 0.29) is 24.2 Å². The molecule has 0 saturated heterocycles. The van der Waals surface area contributed by atoms with Crippen LogP contribution in [-0.4, -0.2) is 25.5 Å². The van der Waals surface area contributed by atoms with Gasteiger partial charge in [-0.15, -0.1) is 0 Å². The molecule has 0 aliphatic rings. The summed E-state index contributed by atoms with van der Waals surface area (Å²) >= 11 is 3.38. The Morgan fingerprint density at radius 2 is 2.04 bits per heavy atom. The maximum absolute atomic E-state index is 12.0. The first-order valence-corrected chi connectivity index (χ1v) is 8.70. The molecule has 1 aromatic heterocycles. The Morgan fingerprint density at radius 3 is 2.80 bits per heavy atom. The molecule has 0 bridgehead atoms. The van der Waals surface area contributed by atoms with Gasteiger partial charge in [0.1, 0.15) is 18.1 Å². The van der Waals surface area contributed by atoms with Gasteiger partial charge in [-0.25, -0.2) is 0 Å². The van der Waals surface area contributed by atoms with Crippen LogP contribution in [-0.2, 0) is 16.1 Å². The van der Waals surface area contributed by atoms with E-state index in [9.17, 15) is 9.59 Å². The number of nitrogens with one attached hydrogen (secondary N) is 1. The topological polar surface area (TPSA) is 77.8 Å². The van der Waals surface area contributed by atoms with E-state index < -0.39 is 0 Å². The molecule has 0 spiro atoms. The lowest BCUT2D eigenvalue weighted by Crippen LogP contribution is -2.24. The third kappa shape index (κ3) is 6.62. The van der Waals surface area contributed by atoms with E-state index in [1.165, 1.54) is 7.11 Å². The molecule has 0 unspecified atom stereocenters. The van der Waals surface area contributed by atoms with Gasteiger partial charge in [0, 0.05) is 17.4 Å². The number of amides is 1. The van der Waals surface area contributed by atoms with Crippen molar-refractivity contribution in [2.45, 2.75) is 25.9 Å². The van der Waals surface area contributed by atoms with Gasteiger partial charge in [-0.3, -0.25) is 9.59 Å². The Hall–Kier alpha value is -2.28. The smallest absolute Gasteiger partial charge is 0.305 e. The number of benzene rings is 1. The van der Waals surface area contributed by atoms with Crippen LogP contribution in [0.2, 0.25) is 0 Å². The molecule has 1 amide bonds. The zero-order chi connectivity index (χ0) is 18.1. The van der Waals surface area contributed by atoms with Crippen LogP contribution >= 0.6 is 15.9 Å². The molecule has 0 aliphatic carbocycles. The Kier molecular flexibility index (Phi) is 7.53. The number of hydrogen-bond acceptors (Lipinski definition) is 5. The summed E-state index contributed by atoms with van der Waals surface area (Å²) in [4.78, 5) is 23.0. The fourth-order valence-corrected chi connectivity index (χ4v) is 2.45. The molecule has 0 radical (unpaired) electrons. The van der Waals surface area contributed by atoms with Gasteiger partial charge in [0.05, 0.1) is 7.11 Å². The Morgan fingerprint density at radius 1 is 1.20 bits per heavy atom. The maximum Gasteiger partial charge on any atom is 0.305 e. The number of furan rings is 1. The second kappa shape index (κ2) is 9.88. The highest BCUT2D eigenvalue weighted by atomic mass is 79.9. The lowest BCUT2D eigenvalue weighted by atomic mass is 10.2. The summed E-state index contributed by atoms with van der Waals surface area (Å²) in [5.74, 6) is 0.984. The molecule has 1 aromatic carbocycles. The van der Waals surface area contributed by atoms with Gasteiger partial charge in [-0.1, -0.05) is 22.0 Å². The zero-order valence-electron chi connectivity index (χ0n) is 13.9. The molecule has 1 N–H and O–H groups in total. The highest BCUT2D eigenvalue weighted by molar-refractivity contribution is 9.10. The van der Waals surface area contributed by atoms with Gasteiger partial charge in [-0.2, -0.15) is 0 Å². The van der Waals surface area contributed by atoms with Gasteiger partial charge >= 0.3 is 5.97 Å². The zero-order valence-corrected chi connectivity index (χ0v) is 15.5. The van der Waals surface area contributed by atoms with Crippen LogP contribution in [0.25, 0.3) is 0 Å². The van der Waals surface area contributed by atoms with Gasteiger partial charge in [0.2, 0.25) is 0 Å². The first kappa shape index (κ1) is 19.1. The average molecular weight is 410 g/mol. The molecule has 0 atom stereocenters. The first-order valence-electron chi connectivity index (χ1n) is 7.90. The van der Waals surface area contributed by atoms with Crippen molar-refractivity contribution in [2.75, 3.05) is 13.7 Å². The molecule has 1 heterocycles. The van der Waals surface area contributed by atoms with Crippen molar-refractivity contribution in [3.63, 3.8) is 0 Å². The number of carbonyl (C=O) groups excluding carboxylic acids is 2. The highest BCUT2D eigenvalue weighted by Gasteiger charge is 2.11. The van der Waals surface area contributed by atoms with Crippen LogP contribution in [0.4, 0.5) is 0 Å². The third-order valence-electron chi connectivity index (χ3n) is 3.38. The number of methoxy groups -OCH3 is 1. The lowest BCUT2D eigenvalue weighted by Gasteiger charge is -2.05. The van der Waals surface area contributed by atoms with Crippen molar-refractivity contribution in [1.29, 1.82) is 0 Å². The number of rotatable bonds is 9. The fraction of sp³-hybridized carbons (Fsp3) is 0.333. The number of ether oxygens (including phenoxy) is 2. The van der Waals surface area contributed by atoms with E-state index in [0.717, 1.165) is 4.47 Å². The third-order valence-corrected chi connectivity index (χ3v) is 3.88. The largest absolute Gasteiger partial charge is 0.486 e. The molecule has 6 nitrogen and oxygen atoms in total. The highest BCUT2D eigenvalue weighted by Crippen LogP contribution is 2.19. The second-order valence-corrected chi connectivity index (χ2v) is 6.22. The molecule has 25 heavy (non-hydrogen) atoms. The normalized spacial score (nSPS) is 10.3. The molecule has 0 saturated carbocycles. The van der Waals surface area contributed by atoms with Gasteiger partial charge in [-0.05, 0) is 43.2 Å². The number of carbonyl (C=O) groups is 2. The van der Waals surface area contributed by atoms with E-state index in [2.05, 4.69) is 26.0 Å². The summed E-state index contributed by atoms with van der Waals surface area (Å²) in [5.41, 5.74) is 0. The van der Waals surface area contributed by atoms with Crippen LogP contribution in [0.5, 0.6) is 5.75 Å². The minimum Gasteiger partial charge on any atom is -0.486 e. The van der Waals surface area contributed by atoms with Crippen molar-refractivity contribution in [1.82, 2.24) is 5.32 Å². The summed E-state index contributed by atoms with van der Waals surface area (Å²) in [6.45, 7) is 0.712. The predicted octanol–water partition coefficient (Wildman–Crippen LogP) is 3.69. The van der Waals surface area contributed by atoms with Crippen molar-refractivity contribution < 1.29 is 23.5 Å². The number of halogens is 1. The van der Waals surface area contributed by atoms with Crippen molar-refractivity contribution in [3.05, 3.63) is 52.4 Å². The minimum absolute atomic E-state index is 0.237. The maximum atomic E-state index is 12.0. The van der Waals surface area contributed by atoms with Crippen LogP contribution < -0.4 is 10.1 Å². The molecular weight excluding hydrogens is 390 g/mol. The van der Waals surface area contributed by atoms with E-state index in [1.54, 1.807) is 12.1 Å². The van der Waals surface area contributed by atoms with E-state index in [1.807, 2.05) is 24.3 Å². The summed E-state index contributed by atoms with van der Waals surface area (Å²) in [5, 5.41) is 2.75. The van der Waals surface area contributed by atoms with E-state index >= 15 is 0 Å². The Labute approximate surface area is 154 Å². The van der Waals surface area contributed by atoms with Crippen molar-refractivity contribution in [2.24, 2.45) is 0 Å². The molecular formula is C18H20BrNO5. The van der Waals surface area contributed by atoms with Crippen LogP contribution in [0, 0.1) is 0 Å². The average Bonchev–Trinajstić information content (AvgIpc) is 3.08. The second-order valence-electron chi connectivity index (χ2n) is 5.30. The van der Waals surface area contributed by atoms with Gasteiger partial charge in [0.25, 0.3) is 5.91 Å². The first-order chi connectivity index (χ1) is 12.1. The summed E-state index contributed by atoms with van der Waals surface area (Å²) in [6, 6.07) is 10.8. The summed E-state index contributed by atoms with van der Waals surface area (Å²) in [6.07, 6.45) is 1.71. The molecule has 0 fully saturated rings. The Bertz CT molecular complexity index is 713. The lowest BCUT2D eigenvalue weighted by molar-refractivity contribution is -0.140. The molecule has 0 aliphatic heterocycles. The fourth-order valence-electron chi connectivity index (χ4n) is 2.07. The number of esters is 1. The SMILES string of the molecule is COC(=O)CCCCNC(=O)c1ccc(COc2cccc(Br)c2)o1. The molecule has 7 heteroatoms. The summed E-state index contributed by atoms with van der Waals surface area (Å²) in [7, 11) is 1.36. The summed E-state index contributed by atoms with van der Waals surface area (Å²) < 4.78 is 16.6. The van der Waals surface area contributed by atoms with Crippen LogP contribution in [0.1, 0.15) is 35.6 Å². The van der Waals surface area contributed by atoms with E-state index in [0.29, 0.717) is 37.3 Å². The van der Waals surface area contributed by atoms with Gasteiger partial charge in [0.15, 0.2) is 5.76 Å². The van der Waals surface area contributed by atoms with Crippen molar-refractivity contribution in [3.8, 4) is 5.75 Å². The van der Waals surface area contributed by atoms with Crippen LogP contribution in [0.15, 0.2) is 45.3 Å². The minimum atomic E-state index is -0.285. The van der Waals surface area contributed by atoms with Crippen LogP contribution in [0.3, 0.4) is 0 Å². The quantitative estimate of drug-likeness (QED) is 0.504. The molecule has 2 aromatic rings. The van der Waals surface area contributed by atoms with Gasteiger partial charge < -0.3 is 19.2 Å². The molecule has 134 valence electrons. The number of unbranched alkanes of at least 4 members (excludes halogenated alkanes) is 1. The number of hydrogen-bond donors (Lipinski definition) is 1. The standard InChI is InChI=1S/C18H20BrNO5/c1-23-17(21)7-2-3-10-20-18(22)16-9-8-15(25-16)12-24-14-6-4-5-13(19)11-14/h4-6,8-9,11H,2-3,7,10,12H2,1H3,(H,20,22). The van der Waals surface area contributed by atoms with Crippen molar-refractivity contribution >= 4 is 27.8 Å².